The van der Waals surface area contributed by atoms with Gasteiger partial charge >= 0.3 is 0 Å². The van der Waals surface area contributed by atoms with Crippen molar-refractivity contribution in [1.29, 1.82) is 0 Å². The van der Waals surface area contributed by atoms with Crippen LogP contribution in [0.1, 0.15) is 38.2 Å². The first-order chi connectivity index (χ1) is 8.63. The van der Waals surface area contributed by atoms with Gasteiger partial charge in [-0.2, -0.15) is 0 Å². The first-order valence-corrected chi connectivity index (χ1v) is 6.84. The molecule has 18 heavy (non-hydrogen) atoms. The number of anilines is 1. The van der Waals surface area contributed by atoms with Gasteiger partial charge in [-0.25, -0.2) is 9.97 Å². The van der Waals surface area contributed by atoms with Gasteiger partial charge in [0.25, 0.3) is 0 Å². The highest BCUT2D eigenvalue weighted by molar-refractivity contribution is 6.30. The molecule has 1 N–H and O–H groups in total. The Morgan fingerprint density at radius 2 is 2.00 bits per heavy atom. The molecule has 1 heterocycles. The lowest BCUT2D eigenvalue weighted by Crippen LogP contribution is -2.36. The molecule has 0 unspecified atom stereocenters. The van der Waals surface area contributed by atoms with Crippen molar-refractivity contribution in [3.05, 3.63) is 17.0 Å². The van der Waals surface area contributed by atoms with E-state index in [1.807, 2.05) is 7.05 Å². The Balaban J connectivity index is 2.18. The fraction of sp³-hybridized carbons (Fsp3) is 0.692. The molecule has 0 amide bonds. The van der Waals surface area contributed by atoms with Crippen molar-refractivity contribution >= 4 is 17.4 Å². The van der Waals surface area contributed by atoms with Crippen LogP contribution in [0, 0.1) is 5.92 Å². The summed E-state index contributed by atoms with van der Waals surface area (Å²) in [6, 6.07) is 0.484. The smallest absolute Gasteiger partial charge is 0.140 e. The van der Waals surface area contributed by atoms with E-state index in [9.17, 15) is 5.11 Å². The van der Waals surface area contributed by atoms with Crippen molar-refractivity contribution in [2.75, 3.05) is 11.9 Å². The number of nitrogens with zero attached hydrogens (tertiary/aromatic N) is 3. The van der Waals surface area contributed by atoms with Crippen LogP contribution in [0.15, 0.2) is 6.33 Å². The SMILES string of the molecule is CC1CCC(N(C)c2ncnc(Cl)c2CO)CC1. The molecule has 0 aromatic carbocycles. The molecule has 4 nitrogen and oxygen atoms in total. The van der Waals surface area contributed by atoms with Crippen LogP contribution in [-0.2, 0) is 6.61 Å². The zero-order valence-electron chi connectivity index (χ0n) is 10.9. The van der Waals surface area contributed by atoms with Gasteiger partial charge in [-0.1, -0.05) is 18.5 Å². The summed E-state index contributed by atoms with van der Waals surface area (Å²) in [5.74, 6) is 1.58. The second kappa shape index (κ2) is 5.85. The molecule has 0 spiro atoms. The van der Waals surface area contributed by atoms with E-state index >= 15 is 0 Å². The van der Waals surface area contributed by atoms with Gasteiger partial charge < -0.3 is 10.0 Å². The van der Waals surface area contributed by atoms with Gasteiger partial charge in [0.2, 0.25) is 0 Å². The van der Waals surface area contributed by atoms with Crippen LogP contribution in [0.4, 0.5) is 5.82 Å². The number of halogens is 1. The Labute approximate surface area is 113 Å². The van der Waals surface area contributed by atoms with Crippen molar-refractivity contribution in [2.24, 2.45) is 5.92 Å². The minimum atomic E-state index is -0.123. The van der Waals surface area contributed by atoms with E-state index in [1.54, 1.807) is 0 Å². The fourth-order valence-corrected chi connectivity index (χ4v) is 2.81. The van der Waals surface area contributed by atoms with Gasteiger partial charge in [0.1, 0.15) is 17.3 Å². The number of aromatic nitrogens is 2. The topological polar surface area (TPSA) is 49.2 Å². The maximum atomic E-state index is 9.40. The van der Waals surface area contributed by atoms with Crippen LogP contribution < -0.4 is 4.90 Å². The van der Waals surface area contributed by atoms with Crippen LogP contribution in [-0.4, -0.2) is 28.2 Å². The molecule has 1 saturated carbocycles. The first-order valence-electron chi connectivity index (χ1n) is 6.46. The lowest BCUT2D eigenvalue weighted by atomic mass is 9.86. The van der Waals surface area contributed by atoms with Crippen LogP contribution in [0.3, 0.4) is 0 Å². The molecule has 1 aromatic rings. The summed E-state index contributed by atoms with van der Waals surface area (Å²) in [6.45, 7) is 2.18. The van der Waals surface area contributed by atoms with E-state index in [2.05, 4.69) is 21.8 Å². The summed E-state index contributed by atoms with van der Waals surface area (Å²) >= 11 is 6.00. The molecular weight excluding hydrogens is 250 g/mol. The van der Waals surface area contributed by atoms with Crippen molar-refractivity contribution in [3.8, 4) is 0 Å². The number of aliphatic hydroxyl groups is 1. The zero-order chi connectivity index (χ0) is 13.1. The van der Waals surface area contributed by atoms with Crippen molar-refractivity contribution in [2.45, 2.75) is 45.3 Å². The van der Waals surface area contributed by atoms with Gasteiger partial charge in [0.15, 0.2) is 0 Å². The summed E-state index contributed by atoms with van der Waals surface area (Å²) in [5, 5.41) is 9.74. The van der Waals surface area contributed by atoms with Gasteiger partial charge in [-0.15, -0.1) is 0 Å². The van der Waals surface area contributed by atoms with Crippen LogP contribution in [0.2, 0.25) is 5.15 Å². The Morgan fingerprint density at radius 3 is 2.61 bits per heavy atom. The van der Waals surface area contributed by atoms with E-state index in [1.165, 1.54) is 32.0 Å². The standard InChI is InChI=1S/C13H20ClN3O/c1-9-3-5-10(6-4-9)17(2)13-11(7-18)12(14)15-8-16-13/h8-10,18H,3-7H2,1-2H3. The van der Waals surface area contributed by atoms with Gasteiger partial charge in [-0.3, -0.25) is 0 Å². The molecule has 0 bridgehead atoms. The Kier molecular flexibility index (Phi) is 4.40. The fourth-order valence-electron chi connectivity index (χ4n) is 2.62. The summed E-state index contributed by atoms with van der Waals surface area (Å²) in [4.78, 5) is 10.3. The monoisotopic (exact) mass is 269 g/mol. The zero-order valence-corrected chi connectivity index (χ0v) is 11.7. The van der Waals surface area contributed by atoms with Crippen LogP contribution >= 0.6 is 11.6 Å². The minimum Gasteiger partial charge on any atom is -0.391 e. The molecule has 2 rings (SSSR count). The normalized spacial score (nSPS) is 24.0. The third-order valence-electron chi connectivity index (χ3n) is 3.90. The second-order valence-corrected chi connectivity index (χ2v) is 5.51. The highest BCUT2D eigenvalue weighted by Crippen LogP contribution is 2.31. The first kappa shape index (κ1) is 13.6. The van der Waals surface area contributed by atoms with E-state index in [-0.39, 0.29) is 6.61 Å². The summed E-state index contributed by atoms with van der Waals surface area (Å²) in [6.07, 6.45) is 6.30. The third-order valence-corrected chi connectivity index (χ3v) is 4.22. The molecule has 1 aromatic heterocycles. The molecule has 5 heteroatoms. The van der Waals surface area contributed by atoms with Crippen LogP contribution in [0.25, 0.3) is 0 Å². The van der Waals surface area contributed by atoms with Crippen molar-refractivity contribution < 1.29 is 5.11 Å². The summed E-state index contributed by atoms with van der Waals surface area (Å²) in [7, 11) is 2.03. The van der Waals surface area contributed by atoms with Gasteiger partial charge in [-0.05, 0) is 31.6 Å². The Hall–Kier alpha value is -0.870. The average Bonchev–Trinajstić information content (AvgIpc) is 2.38. The van der Waals surface area contributed by atoms with E-state index in [4.69, 9.17) is 11.6 Å². The van der Waals surface area contributed by atoms with Gasteiger partial charge in [0, 0.05) is 13.1 Å². The molecule has 1 fully saturated rings. The predicted molar refractivity (Wildman–Crippen MR) is 72.8 cm³/mol. The Bertz CT molecular complexity index is 405. The maximum Gasteiger partial charge on any atom is 0.140 e. The highest BCUT2D eigenvalue weighted by atomic mass is 35.5. The molecule has 0 saturated heterocycles. The lowest BCUT2D eigenvalue weighted by Gasteiger charge is -2.35. The lowest BCUT2D eigenvalue weighted by molar-refractivity contribution is 0.280. The quantitative estimate of drug-likeness (QED) is 0.857. The summed E-state index contributed by atoms with van der Waals surface area (Å²) < 4.78 is 0. The van der Waals surface area contributed by atoms with Crippen molar-refractivity contribution in [3.63, 3.8) is 0 Å². The molecule has 1 aliphatic rings. The molecule has 0 atom stereocenters. The number of aliphatic hydroxyl groups excluding tert-OH is 1. The predicted octanol–water partition coefficient (Wildman–Crippen LogP) is 2.64. The molecule has 0 radical (unpaired) electrons. The van der Waals surface area contributed by atoms with E-state index in [0.717, 1.165) is 11.7 Å². The number of hydrogen-bond acceptors (Lipinski definition) is 4. The van der Waals surface area contributed by atoms with Gasteiger partial charge in [0.05, 0.1) is 12.2 Å². The molecule has 100 valence electrons. The molecule has 1 aliphatic carbocycles. The van der Waals surface area contributed by atoms with E-state index < -0.39 is 0 Å². The van der Waals surface area contributed by atoms with Crippen molar-refractivity contribution in [1.82, 2.24) is 9.97 Å². The molecular formula is C13H20ClN3O. The Morgan fingerprint density at radius 1 is 1.33 bits per heavy atom. The van der Waals surface area contributed by atoms with E-state index in [0.29, 0.717) is 16.8 Å². The average molecular weight is 270 g/mol. The maximum absolute atomic E-state index is 9.40. The second-order valence-electron chi connectivity index (χ2n) is 5.15. The highest BCUT2D eigenvalue weighted by Gasteiger charge is 2.24. The number of rotatable bonds is 3. The minimum absolute atomic E-state index is 0.123. The molecule has 0 aliphatic heterocycles. The largest absolute Gasteiger partial charge is 0.391 e. The van der Waals surface area contributed by atoms with Crippen LogP contribution in [0.5, 0.6) is 0 Å². The third kappa shape index (κ3) is 2.75. The summed E-state index contributed by atoms with van der Waals surface area (Å²) in [5.41, 5.74) is 0.625. The number of hydrogen-bond donors (Lipinski definition) is 1.